The summed E-state index contributed by atoms with van der Waals surface area (Å²) < 4.78 is 11.3. The lowest BCUT2D eigenvalue weighted by Gasteiger charge is -2.23. The van der Waals surface area contributed by atoms with E-state index in [1.54, 1.807) is 0 Å². The molecule has 1 N–H and O–H groups in total. The fourth-order valence-electron chi connectivity index (χ4n) is 3.27. The Kier molecular flexibility index (Phi) is 4.95. The van der Waals surface area contributed by atoms with Crippen molar-refractivity contribution in [3.63, 3.8) is 0 Å². The topological polar surface area (TPSA) is 47.6 Å². The largest absolute Gasteiger partial charge is 0.348 e. The molecule has 1 aliphatic rings. The number of hydrogen-bond acceptors (Lipinski definition) is 3. The normalized spacial score (nSPS) is 15.1. The van der Waals surface area contributed by atoms with E-state index in [-0.39, 0.29) is 12.2 Å². The van der Waals surface area contributed by atoms with Crippen LogP contribution in [0, 0.1) is 0 Å². The summed E-state index contributed by atoms with van der Waals surface area (Å²) in [7, 11) is 0. The number of benzene rings is 3. The monoisotopic (exact) mass is 347 g/mol. The van der Waals surface area contributed by atoms with Crippen LogP contribution in [0.2, 0.25) is 0 Å². The van der Waals surface area contributed by atoms with Crippen molar-refractivity contribution in [3.05, 3.63) is 77.9 Å². The van der Waals surface area contributed by atoms with Crippen molar-refractivity contribution in [2.24, 2.45) is 0 Å². The summed E-state index contributed by atoms with van der Waals surface area (Å²) in [5.74, 6) is -0.0380. The summed E-state index contributed by atoms with van der Waals surface area (Å²) in [5.41, 5.74) is 2.70. The number of nitrogens with one attached hydrogen (secondary N) is 1. The summed E-state index contributed by atoms with van der Waals surface area (Å²) in [5, 5.41) is 5.24. The molecule has 3 aromatic rings. The van der Waals surface area contributed by atoms with E-state index in [0.29, 0.717) is 19.6 Å². The quantitative estimate of drug-likeness (QED) is 0.758. The predicted octanol–water partition coefficient (Wildman–Crippen LogP) is 4.46. The molecule has 1 amide bonds. The highest BCUT2D eigenvalue weighted by Gasteiger charge is 2.17. The molecule has 0 unspecified atom stereocenters. The molecule has 0 aliphatic carbocycles. The lowest BCUT2D eigenvalue weighted by molar-refractivity contribution is -0.183. The van der Waals surface area contributed by atoms with E-state index < -0.39 is 0 Å². The summed E-state index contributed by atoms with van der Waals surface area (Å²) >= 11 is 0. The van der Waals surface area contributed by atoms with Crippen molar-refractivity contribution in [1.82, 2.24) is 0 Å². The fourth-order valence-corrected chi connectivity index (χ4v) is 3.27. The molecule has 0 spiro atoms. The van der Waals surface area contributed by atoms with Gasteiger partial charge in [0.25, 0.3) is 0 Å². The van der Waals surface area contributed by atoms with E-state index >= 15 is 0 Å². The Hall–Kier alpha value is -2.69. The van der Waals surface area contributed by atoms with Crippen LogP contribution in [0.5, 0.6) is 0 Å². The molecule has 1 saturated heterocycles. The van der Waals surface area contributed by atoms with Crippen LogP contribution in [0.1, 0.15) is 23.8 Å². The molecule has 4 nitrogen and oxygen atoms in total. The summed E-state index contributed by atoms with van der Waals surface area (Å²) in [6.07, 6.45) is 0.902. The molecule has 1 heterocycles. The maximum atomic E-state index is 12.5. The van der Waals surface area contributed by atoms with Gasteiger partial charge in [-0.3, -0.25) is 4.79 Å². The number of carbonyl (C=O) groups excluding carboxylic acids is 1. The molecular formula is C22H21NO3. The van der Waals surface area contributed by atoms with Crippen molar-refractivity contribution in [3.8, 4) is 0 Å². The third kappa shape index (κ3) is 3.77. The summed E-state index contributed by atoms with van der Waals surface area (Å²) in [4.78, 5) is 12.5. The predicted molar refractivity (Wildman–Crippen MR) is 102 cm³/mol. The highest BCUT2D eigenvalue weighted by atomic mass is 16.7. The molecule has 132 valence electrons. The van der Waals surface area contributed by atoms with Gasteiger partial charge in [0.1, 0.15) is 0 Å². The molecule has 3 aromatic carbocycles. The van der Waals surface area contributed by atoms with Gasteiger partial charge in [0.15, 0.2) is 6.29 Å². The molecule has 4 rings (SSSR count). The second kappa shape index (κ2) is 7.68. The molecule has 1 aliphatic heterocycles. The average Bonchev–Trinajstić information content (AvgIpc) is 2.69. The average molecular weight is 347 g/mol. The molecule has 4 heteroatoms. The van der Waals surface area contributed by atoms with Crippen LogP contribution in [0.15, 0.2) is 66.7 Å². The SMILES string of the molecule is O=C(Cc1cccc2ccccc12)Nc1cccc(C2OCCCO2)c1. The number of ether oxygens (including phenoxy) is 2. The number of rotatable bonds is 4. The van der Waals surface area contributed by atoms with E-state index in [4.69, 9.17) is 9.47 Å². The second-order valence-electron chi connectivity index (χ2n) is 6.42. The lowest BCUT2D eigenvalue weighted by Crippen LogP contribution is -2.18. The molecule has 0 aromatic heterocycles. The maximum Gasteiger partial charge on any atom is 0.228 e. The molecule has 0 saturated carbocycles. The highest BCUT2D eigenvalue weighted by Crippen LogP contribution is 2.25. The third-order valence-electron chi connectivity index (χ3n) is 4.50. The van der Waals surface area contributed by atoms with E-state index in [2.05, 4.69) is 23.5 Å². The third-order valence-corrected chi connectivity index (χ3v) is 4.50. The standard InChI is InChI=1S/C22H21NO3/c24-21(15-17-8-3-7-16-6-1-2-11-20(16)17)23-19-10-4-9-18(14-19)22-25-12-5-13-26-22/h1-4,6-11,14,22H,5,12-13,15H2,(H,23,24). The minimum absolute atomic E-state index is 0.0380. The molecule has 0 atom stereocenters. The van der Waals surface area contributed by atoms with Gasteiger partial charge in [-0.15, -0.1) is 0 Å². The van der Waals surface area contributed by atoms with E-state index in [9.17, 15) is 4.79 Å². The first-order valence-electron chi connectivity index (χ1n) is 8.89. The zero-order chi connectivity index (χ0) is 17.8. The van der Waals surface area contributed by atoms with Crippen LogP contribution in [0.25, 0.3) is 10.8 Å². The minimum Gasteiger partial charge on any atom is -0.348 e. The van der Waals surface area contributed by atoms with E-state index in [1.807, 2.05) is 48.5 Å². The van der Waals surface area contributed by atoms with Gasteiger partial charge in [-0.05, 0) is 34.9 Å². The van der Waals surface area contributed by atoms with Gasteiger partial charge in [0, 0.05) is 11.3 Å². The van der Waals surface area contributed by atoms with Crippen molar-refractivity contribution in [1.29, 1.82) is 0 Å². The molecule has 1 fully saturated rings. The van der Waals surface area contributed by atoms with Crippen LogP contribution in [-0.4, -0.2) is 19.1 Å². The Morgan fingerprint density at radius 2 is 1.73 bits per heavy atom. The first-order valence-corrected chi connectivity index (χ1v) is 8.89. The first kappa shape index (κ1) is 16.8. The van der Waals surface area contributed by atoms with Gasteiger partial charge in [-0.25, -0.2) is 0 Å². The Labute approximate surface area is 152 Å². The molecular weight excluding hydrogens is 326 g/mol. The Morgan fingerprint density at radius 1 is 0.962 bits per heavy atom. The molecule has 0 bridgehead atoms. The van der Waals surface area contributed by atoms with Crippen LogP contribution in [-0.2, 0) is 20.7 Å². The summed E-state index contributed by atoms with van der Waals surface area (Å²) in [6, 6.07) is 21.8. The zero-order valence-corrected chi connectivity index (χ0v) is 14.5. The fraction of sp³-hybridized carbons (Fsp3) is 0.227. The van der Waals surface area contributed by atoms with E-state index in [1.165, 1.54) is 0 Å². The van der Waals surface area contributed by atoms with Gasteiger partial charge >= 0.3 is 0 Å². The van der Waals surface area contributed by atoms with Crippen LogP contribution in [0.4, 0.5) is 5.69 Å². The van der Waals surface area contributed by atoms with Gasteiger partial charge < -0.3 is 14.8 Å². The van der Waals surface area contributed by atoms with Gasteiger partial charge in [0.2, 0.25) is 5.91 Å². The van der Waals surface area contributed by atoms with Crippen LogP contribution in [0.3, 0.4) is 0 Å². The van der Waals surface area contributed by atoms with Crippen molar-refractivity contribution in [2.45, 2.75) is 19.1 Å². The van der Waals surface area contributed by atoms with Gasteiger partial charge in [-0.1, -0.05) is 54.6 Å². The minimum atomic E-state index is -0.348. The highest BCUT2D eigenvalue weighted by molar-refractivity contribution is 5.96. The van der Waals surface area contributed by atoms with Gasteiger partial charge in [-0.2, -0.15) is 0 Å². The van der Waals surface area contributed by atoms with Crippen molar-refractivity contribution >= 4 is 22.4 Å². The van der Waals surface area contributed by atoms with Crippen LogP contribution >= 0.6 is 0 Å². The van der Waals surface area contributed by atoms with Crippen LogP contribution < -0.4 is 5.32 Å². The smallest absolute Gasteiger partial charge is 0.228 e. The number of carbonyl (C=O) groups is 1. The number of amides is 1. The molecule has 0 radical (unpaired) electrons. The van der Waals surface area contributed by atoms with Crippen molar-refractivity contribution in [2.75, 3.05) is 18.5 Å². The Bertz CT molecular complexity index is 911. The van der Waals surface area contributed by atoms with E-state index in [0.717, 1.165) is 34.0 Å². The Morgan fingerprint density at radius 3 is 2.62 bits per heavy atom. The lowest BCUT2D eigenvalue weighted by atomic mass is 10.0. The number of hydrogen-bond donors (Lipinski definition) is 1. The Balaban J connectivity index is 1.48. The maximum absolute atomic E-state index is 12.5. The number of anilines is 1. The second-order valence-corrected chi connectivity index (χ2v) is 6.42. The van der Waals surface area contributed by atoms with Gasteiger partial charge in [0.05, 0.1) is 19.6 Å². The first-order chi connectivity index (χ1) is 12.8. The zero-order valence-electron chi connectivity index (χ0n) is 14.5. The molecule has 26 heavy (non-hydrogen) atoms. The van der Waals surface area contributed by atoms with Crippen molar-refractivity contribution < 1.29 is 14.3 Å². The summed E-state index contributed by atoms with van der Waals surface area (Å²) in [6.45, 7) is 1.39. The number of fused-ring (bicyclic) bond motifs is 1.